The summed E-state index contributed by atoms with van der Waals surface area (Å²) in [7, 11) is 4.13. The van der Waals surface area contributed by atoms with Gasteiger partial charge in [0.05, 0.1) is 5.69 Å². The van der Waals surface area contributed by atoms with Crippen LogP contribution in [0.2, 0.25) is 0 Å². The standard InChI is InChI=1S/C13H20N2O/c1-10-12(8-15(3)13(10)9-16)11-4-6-14(2)7-5-11/h8-9,11H,4-7H2,1-3H3. The number of piperidine rings is 1. The van der Waals surface area contributed by atoms with E-state index in [1.807, 2.05) is 11.6 Å². The predicted octanol–water partition coefficient (Wildman–Crippen LogP) is 1.96. The Hall–Kier alpha value is -1.09. The van der Waals surface area contributed by atoms with Gasteiger partial charge < -0.3 is 9.47 Å². The van der Waals surface area contributed by atoms with Crippen LogP contribution in [0.25, 0.3) is 0 Å². The number of rotatable bonds is 2. The number of aldehydes is 1. The largest absolute Gasteiger partial charge is 0.348 e. The van der Waals surface area contributed by atoms with Crippen LogP contribution in [-0.4, -0.2) is 35.9 Å². The maximum absolute atomic E-state index is 11.0. The lowest BCUT2D eigenvalue weighted by molar-refractivity contribution is 0.111. The van der Waals surface area contributed by atoms with E-state index in [0.717, 1.165) is 25.1 Å². The Morgan fingerprint density at radius 3 is 2.44 bits per heavy atom. The molecule has 3 heteroatoms. The number of hydrogen-bond donors (Lipinski definition) is 0. The minimum atomic E-state index is 0.635. The van der Waals surface area contributed by atoms with E-state index in [0.29, 0.717) is 5.92 Å². The highest BCUT2D eigenvalue weighted by molar-refractivity contribution is 5.76. The number of aromatic nitrogens is 1. The normalized spacial score (nSPS) is 18.9. The van der Waals surface area contributed by atoms with Crippen LogP contribution in [0.3, 0.4) is 0 Å². The minimum absolute atomic E-state index is 0.635. The van der Waals surface area contributed by atoms with Crippen molar-refractivity contribution in [1.82, 2.24) is 9.47 Å². The van der Waals surface area contributed by atoms with Crippen LogP contribution in [0.5, 0.6) is 0 Å². The average molecular weight is 220 g/mol. The van der Waals surface area contributed by atoms with Crippen molar-refractivity contribution < 1.29 is 4.79 Å². The molecule has 2 rings (SSSR count). The fourth-order valence-electron chi connectivity index (χ4n) is 2.69. The SMILES string of the molecule is Cc1c(C2CCN(C)CC2)cn(C)c1C=O. The Kier molecular flexibility index (Phi) is 3.15. The number of likely N-dealkylation sites (tertiary alicyclic amines) is 1. The van der Waals surface area contributed by atoms with Gasteiger partial charge in [-0.3, -0.25) is 4.79 Å². The molecule has 1 aromatic rings. The second-order valence-corrected chi connectivity index (χ2v) is 4.90. The molecule has 2 heterocycles. The Balaban J connectivity index is 2.24. The number of carbonyl (C=O) groups excluding carboxylic acids is 1. The first-order valence-corrected chi connectivity index (χ1v) is 5.93. The van der Waals surface area contributed by atoms with E-state index >= 15 is 0 Å². The fourth-order valence-corrected chi connectivity index (χ4v) is 2.69. The molecule has 0 radical (unpaired) electrons. The van der Waals surface area contributed by atoms with Crippen molar-refractivity contribution in [2.45, 2.75) is 25.7 Å². The van der Waals surface area contributed by atoms with Crippen LogP contribution in [0.1, 0.15) is 40.4 Å². The first kappa shape index (κ1) is 11.4. The van der Waals surface area contributed by atoms with Crippen LogP contribution >= 0.6 is 0 Å². The molecular weight excluding hydrogens is 200 g/mol. The molecule has 3 nitrogen and oxygen atoms in total. The van der Waals surface area contributed by atoms with Crippen molar-refractivity contribution in [3.05, 3.63) is 23.0 Å². The highest BCUT2D eigenvalue weighted by Crippen LogP contribution is 2.31. The zero-order chi connectivity index (χ0) is 11.7. The molecule has 0 spiro atoms. The molecule has 0 bridgehead atoms. The number of nitrogens with zero attached hydrogens (tertiary/aromatic N) is 2. The third kappa shape index (κ3) is 1.92. The maximum atomic E-state index is 11.0. The highest BCUT2D eigenvalue weighted by atomic mass is 16.1. The van der Waals surface area contributed by atoms with Gasteiger partial charge in [-0.25, -0.2) is 0 Å². The summed E-state index contributed by atoms with van der Waals surface area (Å²) in [6, 6.07) is 0. The Labute approximate surface area is 97.1 Å². The highest BCUT2D eigenvalue weighted by Gasteiger charge is 2.22. The summed E-state index contributed by atoms with van der Waals surface area (Å²) in [6.07, 6.45) is 5.52. The Morgan fingerprint density at radius 2 is 1.94 bits per heavy atom. The summed E-state index contributed by atoms with van der Waals surface area (Å²) < 4.78 is 1.95. The molecule has 0 aromatic carbocycles. The topological polar surface area (TPSA) is 25.2 Å². The summed E-state index contributed by atoms with van der Waals surface area (Å²) >= 11 is 0. The molecule has 1 aliphatic heterocycles. The van der Waals surface area contributed by atoms with Crippen LogP contribution in [0.4, 0.5) is 0 Å². The Morgan fingerprint density at radius 1 is 1.31 bits per heavy atom. The van der Waals surface area contributed by atoms with Crippen molar-refractivity contribution in [2.24, 2.45) is 7.05 Å². The van der Waals surface area contributed by atoms with Crippen LogP contribution in [-0.2, 0) is 7.05 Å². The van der Waals surface area contributed by atoms with Gasteiger partial charge in [-0.1, -0.05) is 0 Å². The van der Waals surface area contributed by atoms with Gasteiger partial charge in [0.15, 0.2) is 6.29 Å². The van der Waals surface area contributed by atoms with E-state index in [9.17, 15) is 4.79 Å². The molecule has 1 aromatic heterocycles. The lowest BCUT2D eigenvalue weighted by Gasteiger charge is -2.29. The third-order valence-electron chi connectivity index (χ3n) is 3.80. The van der Waals surface area contributed by atoms with E-state index in [2.05, 4.69) is 25.1 Å². The molecule has 1 fully saturated rings. The molecule has 0 N–H and O–H groups in total. The van der Waals surface area contributed by atoms with Crippen LogP contribution < -0.4 is 0 Å². The first-order valence-electron chi connectivity index (χ1n) is 5.93. The van der Waals surface area contributed by atoms with E-state index in [-0.39, 0.29) is 0 Å². The molecule has 0 saturated carbocycles. The van der Waals surface area contributed by atoms with Crippen molar-refractivity contribution in [3.63, 3.8) is 0 Å². The number of aryl methyl sites for hydroxylation is 1. The van der Waals surface area contributed by atoms with Crippen molar-refractivity contribution >= 4 is 6.29 Å². The van der Waals surface area contributed by atoms with Gasteiger partial charge in [0.2, 0.25) is 0 Å². The lowest BCUT2D eigenvalue weighted by Crippen LogP contribution is -2.29. The van der Waals surface area contributed by atoms with Crippen molar-refractivity contribution in [2.75, 3.05) is 20.1 Å². The fraction of sp³-hybridized carbons (Fsp3) is 0.615. The predicted molar refractivity (Wildman–Crippen MR) is 65.0 cm³/mol. The second kappa shape index (κ2) is 4.42. The molecule has 0 atom stereocenters. The molecule has 1 saturated heterocycles. The van der Waals surface area contributed by atoms with Gasteiger partial charge in [0.1, 0.15) is 0 Å². The van der Waals surface area contributed by atoms with Gasteiger partial charge in [-0.2, -0.15) is 0 Å². The van der Waals surface area contributed by atoms with Gasteiger partial charge in [-0.15, -0.1) is 0 Å². The summed E-state index contributed by atoms with van der Waals surface area (Å²) in [4.78, 5) is 13.3. The minimum Gasteiger partial charge on any atom is -0.348 e. The zero-order valence-electron chi connectivity index (χ0n) is 10.4. The zero-order valence-corrected chi connectivity index (χ0v) is 10.4. The summed E-state index contributed by atoms with van der Waals surface area (Å²) in [6.45, 7) is 4.39. The molecule has 0 aliphatic carbocycles. The quantitative estimate of drug-likeness (QED) is 0.712. The first-order chi connectivity index (χ1) is 7.63. The summed E-state index contributed by atoms with van der Waals surface area (Å²) in [5.41, 5.74) is 3.37. The monoisotopic (exact) mass is 220 g/mol. The van der Waals surface area contributed by atoms with E-state index in [1.54, 1.807) is 0 Å². The van der Waals surface area contributed by atoms with Crippen LogP contribution in [0, 0.1) is 6.92 Å². The lowest BCUT2D eigenvalue weighted by atomic mass is 9.89. The number of carbonyl (C=O) groups is 1. The van der Waals surface area contributed by atoms with Gasteiger partial charge >= 0.3 is 0 Å². The Bertz CT molecular complexity index is 387. The molecule has 0 unspecified atom stereocenters. The van der Waals surface area contributed by atoms with E-state index in [4.69, 9.17) is 0 Å². The van der Waals surface area contributed by atoms with Gasteiger partial charge in [-0.05, 0) is 56.9 Å². The summed E-state index contributed by atoms with van der Waals surface area (Å²) in [5.74, 6) is 0.635. The van der Waals surface area contributed by atoms with Crippen LogP contribution in [0.15, 0.2) is 6.20 Å². The van der Waals surface area contributed by atoms with E-state index < -0.39 is 0 Å². The maximum Gasteiger partial charge on any atom is 0.166 e. The van der Waals surface area contributed by atoms with E-state index in [1.165, 1.54) is 24.0 Å². The second-order valence-electron chi connectivity index (χ2n) is 4.90. The summed E-state index contributed by atoms with van der Waals surface area (Å²) in [5, 5.41) is 0. The smallest absolute Gasteiger partial charge is 0.166 e. The third-order valence-corrected chi connectivity index (χ3v) is 3.80. The van der Waals surface area contributed by atoms with Gasteiger partial charge in [0.25, 0.3) is 0 Å². The molecule has 0 amide bonds. The van der Waals surface area contributed by atoms with Crippen molar-refractivity contribution in [3.8, 4) is 0 Å². The van der Waals surface area contributed by atoms with Gasteiger partial charge in [0, 0.05) is 13.2 Å². The molecular formula is C13H20N2O. The molecule has 88 valence electrons. The number of hydrogen-bond acceptors (Lipinski definition) is 2. The average Bonchev–Trinajstić information content (AvgIpc) is 2.55. The van der Waals surface area contributed by atoms with Crippen molar-refractivity contribution in [1.29, 1.82) is 0 Å². The molecule has 1 aliphatic rings. The molecule has 16 heavy (non-hydrogen) atoms.